The molecule has 1 aromatic rings. The average Bonchev–Trinajstić information content (AvgIpc) is 2.05. The summed E-state index contributed by atoms with van der Waals surface area (Å²) in [4.78, 5) is 0. The molecule has 0 saturated heterocycles. The molecule has 74 valence electrons. The number of halogens is 3. The largest absolute Gasteiger partial charge is 0.379 e. The molecular weight excluding hydrogens is 197 g/mol. The molecule has 0 atom stereocenters. The molecule has 0 aliphatic carbocycles. The Morgan fingerprint density at radius 1 is 1.08 bits per heavy atom. The van der Waals surface area contributed by atoms with E-state index in [0.717, 1.165) is 0 Å². The SMILES string of the molecule is C=Cc1ccccc1.FC(F)F.S. The second-order valence-electron chi connectivity index (χ2n) is 1.86. The second-order valence-corrected chi connectivity index (χ2v) is 1.86. The van der Waals surface area contributed by atoms with Gasteiger partial charge < -0.3 is 0 Å². The van der Waals surface area contributed by atoms with Gasteiger partial charge in [-0.1, -0.05) is 43.0 Å². The van der Waals surface area contributed by atoms with Gasteiger partial charge in [0, 0.05) is 0 Å². The van der Waals surface area contributed by atoms with Gasteiger partial charge >= 0.3 is 6.68 Å². The third kappa shape index (κ3) is 11.1. The summed E-state index contributed by atoms with van der Waals surface area (Å²) in [6.07, 6.45) is 1.83. The van der Waals surface area contributed by atoms with E-state index in [1.807, 2.05) is 36.4 Å². The number of alkyl halides is 3. The molecule has 0 radical (unpaired) electrons. The van der Waals surface area contributed by atoms with Crippen molar-refractivity contribution in [3.05, 3.63) is 42.5 Å². The van der Waals surface area contributed by atoms with Gasteiger partial charge in [-0.15, -0.1) is 0 Å². The van der Waals surface area contributed by atoms with E-state index in [9.17, 15) is 13.2 Å². The van der Waals surface area contributed by atoms with Gasteiger partial charge in [0.2, 0.25) is 0 Å². The van der Waals surface area contributed by atoms with E-state index in [2.05, 4.69) is 6.58 Å². The van der Waals surface area contributed by atoms with E-state index >= 15 is 0 Å². The van der Waals surface area contributed by atoms with Crippen molar-refractivity contribution in [3.8, 4) is 0 Å². The van der Waals surface area contributed by atoms with Crippen molar-refractivity contribution in [2.45, 2.75) is 6.68 Å². The Kier molecular flexibility index (Phi) is 10.3. The van der Waals surface area contributed by atoms with Crippen LogP contribution < -0.4 is 0 Å². The first-order valence-corrected chi connectivity index (χ1v) is 3.26. The lowest BCUT2D eigenvalue weighted by atomic mass is 10.2. The van der Waals surface area contributed by atoms with Crippen LogP contribution in [0.15, 0.2) is 36.9 Å². The number of hydrogen-bond donors (Lipinski definition) is 0. The third-order valence-electron chi connectivity index (χ3n) is 1.04. The van der Waals surface area contributed by atoms with Gasteiger partial charge in [0.05, 0.1) is 0 Å². The standard InChI is InChI=1S/C8H8.CHF3.H2S/c1-2-8-6-4-3-5-7-8;2-1(3)4;/h2-7H,1H2;1H;1H2. The Hall–Kier alpha value is -0.900. The molecule has 0 bridgehead atoms. The van der Waals surface area contributed by atoms with E-state index in [4.69, 9.17) is 0 Å². The van der Waals surface area contributed by atoms with E-state index in [1.165, 1.54) is 5.56 Å². The fourth-order valence-electron chi connectivity index (χ4n) is 0.589. The van der Waals surface area contributed by atoms with E-state index < -0.39 is 6.68 Å². The van der Waals surface area contributed by atoms with Crippen LogP contribution in [0.2, 0.25) is 0 Å². The van der Waals surface area contributed by atoms with Crippen LogP contribution >= 0.6 is 13.5 Å². The highest BCUT2D eigenvalue weighted by molar-refractivity contribution is 7.59. The third-order valence-corrected chi connectivity index (χ3v) is 1.04. The van der Waals surface area contributed by atoms with Gasteiger partial charge in [-0.25, -0.2) is 0 Å². The summed E-state index contributed by atoms with van der Waals surface area (Å²) in [6, 6.07) is 10.0. The van der Waals surface area contributed by atoms with Crippen molar-refractivity contribution >= 4 is 19.6 Å². The van der Waals surface area contributed by atoms with Crippen LogP contribution in [0.3, 0.4) is 0 Å². The molecule has 13 heavy (non-hydrogen) atoms. The molecule has 0 nitrogen and oxygen atoms in total. The summed E-state index contributed by atoms with van der Waals surface area (Å²) in [5.41, 5.74) is 1.17. The molecule has 0 amide bonds. The molecule has 0 fully saturated rings. The molecule has 0 N–H and O–H groups in total. The maximum absolute atomic E-state index is 9.67. The molecule has 1 rings (SSSR count). The molecular formula is C9H11F3S. The molecule has 0 aliphatic heterocycles. The van der Waals surface area contributed by atoms with Crippen molar-refractivity contribution < 1.29 is 13.2 Å². The highest BCUT2D eigenvalue weighted by atomic mass is 32.1. The van der Waals surface area contributed by atoms with Crippen molar-refractivity contribution in [3.63, 3.8) is 0 Å². The minimum absolute atomic E-state index is 0. The lowest BCUT2D eigenvalue weighted by Gasteiger charge is -1.85. The normalized spacial score (nSPS) is 8.00. The topological polar surface area (TPSA) is 0 Å². The van der Waals surface area contributed by atoms with Crippen molar-refractivity contribution in [2.75, 3.05) is 0 Å². The first-order valence-electron chi connectivity index (χ1n) is 3.26. The van der Waals surface area contributed by atoms with Crippen LogP contribution in [-0.2, 0) is 0 Å². The summed E-state index contributed by atoms with van der Waals surface area (Å²) in [5, 5.41) is 0. The second kappa shape index (κ2) is 9.19. The monoisotopic (exact) mass is 208 g/mol. The maximum Gasteiger partial charge on any atom is 0.379 e. The van der Waals surface area contributed by atoms with E-state index in [-0.39, 0.29) is 13.5 Å². The summed E-state index contributed by atoms with van der Waals surface area (Å²) in [7, 11) is 0. The summed E-state index contributed by atoms with van der Waals surface area (Å²) < 4.78 is 29.0. The molecule has 0 heterocycles. The molecule has 0 unspecified atom stereocenters. The molecule has 1 aromatic carbocycles. The lowest BCUT2D eigenvalue weighted by molar-refractivity contribution is 0.00819. The quantitative estimate of drug-likeness (QED) is 0.661. The fourth-order valence-corrected chi connectivity index (χ4v) is 0.589. The van der Waals surface area contributed by atoms with Gasteiger partial charge in [0.1, 0.15) is 0 Å². The predicted octanol–water partition coefficient (Wildman–Crippen LogP) is 3.62. The van der Waals surface area contributed by atoms with E-state index in [1.54, 1.807) is 0 Å². The summed E-state index contributed by atoms with van der Waals surface area (Å²) in [5.74, 6) is 0. The first-order chi connectivity index (χ1) is 5.66. The van der Waals surface area contributed by atoms with Crippen LogP contribution in [0, 0.1) is 0 Å². The zero-order chi connectivity index (χ0) is 9.40. The Morgan fingerprint density at radius 3 is 1.69 bits per heavy atom. The molecule has 0 aromatic heterocycles. The van der Waals surface area contributed by atoms with Crippen LogP contribution in [0.5, 0.6) is 0 Å². The summed E-state index contributed by atoms with van der Waals surface area (Å²) in [6.45, 7) is -0.0357. The zero-order valence-electron chi connectivity index (χ0n) is 6.88. The fraction of sp³-hybridized carbons (Fsp3) is 0.111. The van der Waals surface area contributed by atoms with Gasteiger partial charge in [-0.2, -0.15) is 26.7 Å². The van der Waals surface area contributed by atoms with Crippen molar-refractivity contribution in [1.29, 1.82) is 0 Å². The van der Waals surface area contributed by atoms with Crippen LogP contribution in [-0.4, -0.2) is 6.68 Å². The van der Waals surface area contributed by atoms with Gasteiger partial charge in [0.25, 0.3) is 0 Å². The first kappa shape index (κ1) is 14.6. The highest BCUT2D eigenvalue weighted by Crippen LogP contribution is 1.97. The van der Waals surface area contributed by atoms with Crippen LogP contribution in [0.25, 0.3) is 6.08 Å². The van der Waals surface area contributed by atoms with Crippen molar-refractivity contribution in [2.24, 2.45) is 0 Å². The Labute approximate surface area is 82.5 Å². The van der Waals surface area contributed by atoms with Gasteiger partial charge in [-0.05, 0) is 5.56 Å². The number of rotatable bonds is 1. The number of hydrogen-bond acceptors (Lipinski definition) is 0. The smallest absolute Gasteiger partial charge is 0.197 e. The van der Waals surface area contributed by atoms with Gasteiger partial charge in [-0.3, -0.25) is 0 Å². The van der Waals surface area contributed by atoms with Crippen LogP contribution in [0.4, 0.5) is 13.2 Å². The predicted molar refractivity (Wildman–Crippen MR) is 54.0 cm³/mol. The molecule has 0 aliphatic rings. The molecule has 0 saturated carbocycles. The Bertz CT molecular complexity index is 209. The summed E-state index contributed by atoms with van der Waals surface area (Å²) >= 11 is 0. The zero-order valence-corrected chi connectivity index (χ0v) is 7.88. The minimum Gasteiger partial charge on any atom is -0.197 e. The lowest BCUT2D eigenvalue weighted by Crippen LogP contribution is -1.65. The highest BCUT2D eigenvalue weighted by Gasteiger charge is 1.86. The minimum atomic E-state index is -3.67. The molecule has 0 spiro atoms. The van der Waals surface area contributed by atoms with E-state index in [0.29, 0.717) is 0 Å². The van der Waals surface area contributed by atoms with Gasteiger partial charge in [0.15, 0.2) is 0 Å². The Morgan fingerprint density at radius 2 is 1.46 bits per heavy atom. The van der Waals surface area contributed by atoms with Crippen LogP contribution in [0.1, 0.15) is 5.56 Å². The maximum atomic E-state index is 9.67. The average molecular weight is 208 g/mol. The molecule has 4 heteroatoms. The Balaban J connectivity index is 0. The van der Waals surface area contributed by atoms with Crippen molar-refractivity contribution in [1.82, 2.24) is 0 Å². The number of benzene rings is 1.